The van der Waals surface area contributed by atoms with E-state index in [0.717, 1.165) is 24.1 Å². The van der Waals surface area contributed by atoms with Gasteiger partial charge in [0.1, 0.15) is 6.04 Å². The maximum atomic E-state index is 14.1. The molecule has 2 atom stereocenters. The largest absolute Gasteiger partial charge is 0.465 e. The van der Waals surface area contributed by atoms with Crippen LogP contribution in [0.25, 0.3) is 0 Å². The van der Waals surface area contributed by atoms with Crippen LogP contribution in [0.5, 0.6) is 0 Å². The molecule has 1 aliphatic carbocycles. The summed E-state index contributed by atoms with van der Waals surface area (Å²) >= 11 is 0. The minimum atomic E-state index is -0.458. The number of anilines is 1. The molecule has 1 N–H and O–H groups in total. The van der Waals surface area contributed by atoms with Gasteiger partial charge in [-0.05, 0) is 66.7 Å². The van der Waals surface area contributed by atoms with Crippen molar-refractivity contribution in [1.82, 2.24) is 5.32 Å². The summed E-state index contributed by atoms with van der Waals surface area (Å²) in [6, 6.07) is 15.9. The van der Waals surface area contributed by atoms with Gasteiger partial charge >= 0.3 is 5.97 Å². The van der Waals surface area contributed by atoms with Gasteiger partial charge in [-0.15, -0.1) is 0 Å². The first-order chi connectivity index (χ1) is 18.3. The minimum Gasteiger partial charge on any atom is -0.465 e. The van der Waals surface area contributed by atoms with Gasteiger partial charge in [-0.2, -0.15) is 0 Å². The number of nitrogens with one attached hydrogen (secondary N) is 1. The summed E-state index contributed by atoms with van der Waals surface area (Å²) in [5, 5.41) is 3.48. The first kappa shape index (κ1) is 28.4. The smallest absolute Gasteiger partial charge is 0.323 e. The molecule has 206 valence electrons. The van der Waals surface area contributed by atoms with E-state index in [9.17, 15) is 9.59 Å². The minimum absolute atomic E-state index is 0.0295. The molecule has 2 aromatic rings. The van der Waals surface area contributed by atoms with Crippen LogP contribution in [-0.2, 0) is 32.7 Å². The predicted molar refractivity (Wildman–Crippen MR) is 154 cm³/mol. The molecule has 5 nitrogen and oxygen atoms in total. The van der Waals surface area contributed by atoms with Crippen LogP contribution in [0.2, 0.25) is 0 Å². The van der Waals surface area contributed by atoms with Crippen LogP contribution in [0, 0.1) is 5.92 Å². The molecule has 0 saturated heterocycles. The average Bonchev–Trinajstić information content (AvgIpc) is 3.03. The fourth-order valence-electron chi connectivity index (χ4n) is 5.96. The number of amides is 1. The Balaban J connectivity index is 1.54. The summed E-state index contributed by atoms with van der Waals surface area (Å²) in [6.45, 7) is 9.32. The van der Waals surface area contributed by atoms with Gasteiger partial charge < -0.3 is 9.64 Å². The van der Waals surface area contributed by atoms with Gasteiger partial charge in [0.2, 0.25) is 5.91 Å². The van der Waals surface area contributed by atoms with Gasteiger partial charge in [0.05, 0.1) is 19.2 Å². The standard InChI is InChI=1S/C33H46N2O3/c1-5-38-32(37)29(21-17-24-11-7-6-8-12-24)34-28-22-18-26-13-9-10-14-30(26)35(31(28)36)23-25-15-19-27(20-16-25)33(2,3)4/h9-10,13-16,19-20,24,28-29,34H,5-8,11-12,17-18,21-23H2,1-4H3/t28-,29-/m0/s1. The summed E-state index contributed by atoms with van der Waals surface area (Å²) in [5.74, 6) is 0.466. The molecule has 1 saturated carbocycles. The number of benzene rings is 2. The van der Waals surface area contributed by atoms with Gasteiger partial charge in [-0.1, -0.05) is 95.3 Å². The number of fused-ring (bicyclic) bond motifs is 1. The lowest BCUT2D eigenvalue weighted by molar-refractivity contribution is -0.146. The normalized spacial score (nSPS) is 19.5. The number of nitrogens with zero attached hydrogens (tertiary/aromatic N) is 1. The zero-order valence-electron chi connectivity index (χ0n) is 23.8. The third-order valence-electron chi connectivity index (χ3n) is 8.27. The Kier molecular flexibility index (Phi) is 9.64. The zero-order chi connectivity index (χ0) is 27.1. The van der Waals surface area contributed by atoms with E-state index >= 15 is 0 Å². The zero-order valence-corrected chi connectivity index (χ0v) is 23.8. The van der Waals surface area contributed by atoms with Crippen LogP contribution in [0.3, 0.4) is 0 Å². The van der Waals surface area contributed by atoms with Crippen molar-refractivity contribution in [2.24, 2.45) is 5.92 Å². The third kappa shape index (κ3) is 7.25. The summed E-state index contributed by atoms with van der Waals surface area (Å²) in [5.41, 5.74) is 4.60. The average molecular weight is 519 g/mol. The number of hydrogen-bond donors (Lipinski definition) is 1. The van der Waals surface area contributed by atoms with Crippen LogP contribution >= 0.6 is 0 Å². The highest BCUT2D eigenvalue weighted by Gasteiger charge is 2.34. The van der Waals surface area contributed by atoms with Crippen molar-refractivity contribution >= 4 is 17.6 Å². The molecule has 2 aromatic carbocycles. The second-order valence-electron chi connectivity index (χ2n) is 12.1. The Hall–Kier alpha value is -2.66. The number of hydrogen-bond acceptors (Lipinski definition) is 4. The highest BCUT2D eigenvalue weighted by molar-refractivity contribution is 5.99. The molecule has 38 heavy (non-hydrogen) atoms. The van der Waals surface area contributed by atoms with Gasteiger partial charge in [0.15, 0.2) is 0 Å². The SMILES string of the molecule is CCOC(=O)[C@H](CCC1CCCCC1)N[C@H]1CCc2ccccc2N(Cc2ccc(C(C)(C)C)cc2)C1=O. The number of ether oxygens (including phenoxy) is 1. The molecule has 0 bridgehead atoms. The lowest BCUT2D eigenvalue weighted by Gasteiger charge is -2.29. The van der Waals surface area contributed by atoms with Crippen molar-refractivity contribution in [3.63, 3.8) is 0 Å². The van der Waals surface area contributed by atoms with Gasteiger partial charge in [0, 0.05) is 5.69 Å². The van der Waals surface area contributed by atoms with Crippen molar-refractivity contribution in [3.05, 3.63) is 65.2 Å². The molecule has 1 fully saturated rings. The lowest BCUT2D eigenvalue weighted by Crippen LogP contribution is -2.52. The van der Waals surface area contributed by atoms with E-state index in [1.807, 2.05) is 30.0 Å². The number of rotatable bonds is 9. The quantitative estimate of drug-likeness (QED) is 0.375. The van der Waals surface area contributed by atoms with E-state index < -0.39 is 12.1 Å². The first-order valence-corrected chi connectivity index (χ1v) is 14.7. The number of carbonyl (C=O) groups excluding carboxylic acids is 2. The van der Waals surface area contributed by atoms with E-state index in [0.29, 0.717) is 31.9 Å². The highest BCUT2D eigenvalue weighted by Crippen LogP contribution is 2.31. The van der Waals surface area contributed by atoms with Crippen molar-refractivity contribution in [1.29, 1.82) is 0 Å². The monoisotopic (exact) mass is 518 g/mol. The number of esters is 1. The Morgan fingerprint density at radius 1 is 1.03 bits per heavy atom. The van der Waals surface area contributed by atoms with E-state index in [1.165, 1.54) is 43.2 Å². The number of carbonyl (C=O) groups is 2. The number of para-hydroxylation sites is 1. The molecule has 0 unspecified atom stereocenters. The van der Waals surface area contributed by atoms with E-state index in [4.69, 9.17) is 4.74 Å². The van der Waals surface area contributed by atoms with Crippen molar-refractivity contribution < 1.29 is 14.3 Å². The Morgan fingerprint density at radius 3 is 2.42 bits per heavy atom. The van der Waals surface area contributed by atoms with Crippen LogP contribution in [-0.4, -0.2) is 30.6 Å². The van der Waals surface area contributed by atoms with Crippen molar-refractivity contribution in [2.45, 2.75) is 110 Å². The molecule has 1 aliphatic heterocycles. The van der Waals surface area contributed by atoms with E-state index in [1.54, 1.807) is 0 Å². The first-order valence-electron chi connectivity index (χ1n) is 14.7. The Labute approximate surface area is 229 Å². The molecular weight excluding hydrogens is 472 g/mol. The third-order valence-corrected chi connectivity index (χ3v) is 8.27. The Morgan fingerprint density at radius 2 is 1.74 bits per heavy atom. The molecule has 2 aliphatic rings. The molecule has 1 amide bonds. The van der Waals surface area contributed by atoms with Crippen molar-refractivity contribution in [3.8, 4) is 0 Å². The maximum Gasteiger partial charge on any atom is 0.323 e. The van der Waals surface area contributed by atoms with Gasteiger partial charge in [-0.25, -0.2) is 0 Å². The topological polar surface area (TPSA) is 58.6 Å². The molecule has 5 heteroatoms. The second-order valence-corrected chi connectivity index (χ2v) is 12.1. The van der Waals surface area contributed by atoms with Crippen molar-refractivity contribution in [2.75, 3.05) is 11.5 Å². The molecule has 0 spiro atoms. The second kappa shape index (κ2) is 12.9. The molecule has 0 radical (unpaired) electrons. The maximum absolute atomic E-state index is 14.1. The van der Waals surface area contributed by atoms with Crippen LogP contribution in [0.4, 0.5) is 5.69 Å². The molecule has 0 aromatic heterocycles. The fraction of sp³-hybridized carbons (Fsp3) is 0.576. The molecular formula is C33H46N2O3. The summed E-state index contributed by atoms with van der Waals surface area (Å²) in [4.78, 5) is 29.0. The molecule has 1 heterocycles. The highest BCUT2D eigenvalue weighted by atomic mass is 16.5. The van der Waals surface area contributed by atoms with E-state index in [2.05, 4.69) is 56.4 Å². The van der Waals surface area contributed by atoms with Crippen LogP contribution < -0.4 is 10.2 Å². The van der Waals surface area contributed by atoms with Crippen LogP contribution in [0.15, 0.2) is 48.5 Å². The Bertz CT molecular complexity index is 1070. The summed E-state index contributed by atoms with van der Waals surface area (Å²) in [6.07, 6.45) is 9.55. The fourth-order valence-corrected chi connectivity index (χ4v) is 5.96. The summed E-state index contributed by atoms with van der Waals surface area (Å²) in [7, 11) is 0. The number of aryl methyl sites for hydroxylation is 1. The molecule has 4 rings (SSSR count). The predicted octanol–water partition coefficient (Wildman–Crippen LogP) is 6.71. The van der Waals surface area contributed by atoms with E-state index in [-0.39, 0.29) is 17.3 Å². The summed E-state index contributed by atoms with van der Waals surface area (Å²) < 4.78 is 5.45. The van der Waals surface area contributed by atoms with Gasteiger partial charge in [0.25, 0.3) is 0 Å². The van der Waals surface area contributed by atoms with Gasteiger partial charge in [-0.3, -0.25) is 14.9 Å². The lowest BCUT2D eigenvalue weighted by atomic mass is 9.85. The van der Waals surface area contributed by atoms with Crippen LogP contribution in [0.1, 0.15) is 95.8 Å².